The van der Waals surface area contributed by atoms with E-state index in [1.54, 1.807) is 0 Å². The maximum absolute atomic E-state index is 12.6. The van der Waals surface area contributed by atoms with Crippen LogP contribution < -0.4 is 5.32 Å². The van der Waals surface area contributed by atoms with E-state index in [-0.39, 0.29) is 35.3 Å². The summed E-state index contributed by atoms with van der Waals surface area (Å²) in [5.41, 5.74) is 2.58. The quantitative estimate of drug-likeness (QED) is 0.507. The summed E-state index contributed by atoms with van der Waals surface area (Å²) in [5.74, 6) is -2.08. The van der Waals surface area contributed by atoms with Crippen molar-refractivity contribution in [3.8, 4) is 0 Å². The molecule has 3 aliphatic rings. The number of anilines is 1. The summed E-state index contributed by atoms with van der Waals surface area (Å²) >= 11 is 7.01. The first-order valence-corrected chi connectivity index (χ1v) is 10.6. The van der Waals surface area contributed by atoms with Gasteiger partial charge >= 0.3 is 11.9 Å². The summed E-state index contributed by atoms with van der Waals surface area (Å²) in [6, 6.07) is 3.78. The second-order valence-electron chi connectivity index (χ2n) is 7.53. The standard InChI is InChI=1S/C19H19Br2NO5/c1-7-4-12(8(2)3-11(7)20)22-13(23)6-26-18(24)14-9-5-10-15(14)19(25)27-17(10)16(9)21/h3-4,9-10,14-17H,5-6H2,1-2H3,(H,22,23)/t9-,10-,14-,15-,16-,17+/m1/s1. The topological polar surface area (TPSA) is 81.7 Å². The predicted molar refractivity (Wildman–Crippen MR) is 104 cm³/mol. The van der Waals surface area contributed by atoms with Gasteiger partial charge in [-0.1, -0.05) is 31.9 Å². The van der Waals surface area contributed by atoms with Crippen molar-refractivity contribution in [2.75, 3.05) is 11.9 Å². The average Bonchev–Trinajstić information content (AvgIpc) is 3.22. The molecule has 2 bridgehead atoms. The number of hydrogen-bond donors (Lipinski definition) is 1. The van der Waals surface area contributed by atoms with Gasteiger partial charge in [0.05, 0.1) is 16.7 Å². The SMILES string of the molecule is Cc1cc(NC(=O)COC(=O)[C@@H]2[C@H]3C[C@H]4[C@H](OC(=O)[C@H]42)[C@@H]3Br)c(C)cc1Br. The maximum atomic E-state index is 12.6. The molecule has 6 atom stereocenters. The van der Waals surface area contributed by atoms with E-state index in [1.165, 1.54) is 0 Å². The van der Waals surface area contributed by atoms with Gasteiger partial charge in [-0.15, -0.1) is 0 Å². The molecule has 1 amide bonds. The number of hydrogen-bond acceptors (Lipinski definition) is 5. The Kier molecular flexibility index (Phi) is 4.83. The third-order valence-electron chi connectivity index (χ3n) is 5.92. The molecule has 144 valence electrons. The van der Waals surface area contributed by atoms with Gasteiger partial charge in [0, 0.05) is 16.1 Å². The van der Waals surface area contributed by atoms with Gasteiger partial charge in [0.1, 0.15) is 6.10 Å². The van der Waals surface area contributed by atoms with Crippen LogP contribution in [0.4, 0.5) is 5.69 Å². The first-order valence-electron chi connectivity index (χ1n) is 8.85. The van der Waals surface area contributed by atoms with Crippen molar-refractivity contribution in [1.29, 1.82) is 0 Å². The third-order valence-corrected chi connectivity index (χ3v) is 7.97. The number of fused-ring (bicyclic) bond motifs is 1. The zero-order valence-electron chi connectivity index (χ0n) is 14.8. The number of halogens is 2. The number of rotatable bonds is 4. The number of amides is 1. The Morgan fingerprint density at radius 1 is 1.26 bits per heavy atom. The van der Waals surface area contributed by atoms with Crippen LogP contribution in [0, 0.1) is 37.5 Å². The maximum Gasteiger partial charge on any atom is 0.310 e. The Morgan fingerprint density at radius 3 is 2.74 bits per heavy atom. The first kappa shape index (κ1) is 18.9. The van der Waals surface area contributed by atoms with Crippen molar-refractivity contribution in [3.05, 3.63) is 27.7 Å². The van der Waals surface area contributed by atoms with Gasteiger partial charge in [0.2, 0.25) is 0 Å². The van der Waals surface area contributed by atoms with E-state index in [2.05, 4.69) is 37.2 Å². The molecule has 3 fully saturated rings. The molecule has 2 aliphatic carbocycles. The fourth-order valence-corrected chi connectivity index (χ4v) is 6.13. The predicted octanol–water partition coefficient (Wildman–Crippen LogP) is 3.12. The Labute approximate surface area is 173 Å². The molecule has 0 radical (unpaired) electrons. The molecule has 0 unspecified atom stereocenters. The number of aryl methyl sites for hydroxylation is 2. The van der Waals surface area contributed by atoms with E-state index < -0.39 is 23.7 Å². The van der Waals surface area contributed by atoms with Crippen LogP contribution in [0.15, 0.2) is 16.6 Å². The summed E-state index contributed by atoms with van der Waals surface area (Å²) in [7, 11) is 0. The lowest BCUT2D eigenvalue weighted by Crippen LogP contribution is -2.39. The number of esters is 2. The Morgan fingerprint density at radius 2 is 2.00 bits per heavy atom. The van der Waals surface area contributed by atoms with Crippen LogP contribution in [0.5, 0.6) is 0 Å². The lowest BCUT2D eigenvalue weighted by molar-refractivity contribution is -0.157. The van der Waals surface area contributed by atoms with Gasteiger partial charge in [-0.2, -0.15) is 0 Å². The Balaban J connectivity index is 1.38. The largest absolute Gasteiger partial charge is 0.461 e. The molecule has 1 aromatic carbocycles. The lowest BCUT2D eigenvalue weighted by atomic mass is 9.80. The fourth-order valence-electron chi connectivity index (χ4n) is 4.63. The molecule has 1 N–H and O–H groups in total. The number of ether oxygens (including phenoxy) is 2. The van der Waals surface area contributed by atoms with Crippen LogP contribution in [0.3, 0.4) is 0 Å². The first-order chi connectivity index (χ1) is 12.8. The zero-order valence-corrected chi connectivity index (χ0v) is 18.0. The number of nitrogens with one attached hydrogen (secondary N) is 1. The van der Waals surface area contributed by atoms with E-state index in [9.17, 15) is 14.4 Å². The summed E-state index contributed by atoms with van der Waals surface area (Å²) in [6.45, 7) is 3.44. The summed E-state index contributed by atoms with van der Waals surface area (Å²) in [6.07, 6.45) is 0.642. The van der Waals surface area contributed by atoms with Crippen molar-refractivity contribution < 1.29 is 23.9 Å². The van der Waals surface area contributed by atoms with Gasteiger partial charge in [-0.3, -0.25) is 14.4 Å². The van der Waals surface area contributed by atoms with Crippen molar-refractivity contribution in [2.45, 2.75) is 31.2 Å². The van der Waals surface area contributed by atoms with Crippen molar-refractivity contribution in [2.24, 2.45) is 23.7 Å². The minimum absolute atomic E-state index is 0.0170. The van der Waals surface area contributed by atoms with E-state index >= 15 is 0 Å². The van der Waals surface area contributed by atoms with E-state index in [0.717, 1.165) is 22.0 Å². The molecule has 8 heteroatoms. The van der Waals surface area contributed by atoms with Crippen LogP contribution in [0.25, 0.3) is 0 Å². The molecular formula is C19H19Br2NO5. The minimum Gasteiger partial charge on any atom is -0.461 e. The highest BCUT2D eigenvalue weighted by Crippen LogP contribution is 2.60. The van der Waals surface area contributed by atoms with Crippen molar-refractivity contribution in [1.82, 2.24) is 0 Å². The highest BCUT2D eigenvalue weighted by molar-refractivity contribution is 9.10. The summed E-state index contributed by atoms with van der Waals surface area (Å²) < 4.78 is 11.6. The smallest absolute Gasteiger partial charge is 0.310 e. The molecule has 2 saturated carbocycles. The molecule has 1 aliphatic heterocycles. The Bertz CT molecular complexity index is 842. The van der Waals surface area contributed by atoms with Crippen molar-refractivity contribution in [3.63, 3.8) is 0 Å². The highest BCUT2D eigenvalue weighted by atomic mass is 79.9. The molecule has 0 aromatic heterocycles. The Hall–Kier alpha value is -1.41. The molecule has 1 saturated heterocycles. The minimum atomic E-state index is -0.532. The van der Waals surface area contributed by atoms with E-state index in [4.69, 9.17) is 9.47 Å². The number of alkyl halides is 1. The number of benzene rings is 1. The lowest BCUT2D eigenvalue weighted by Gasteiger charge is -2.26. The average molecular weight is 501 g/mol. The van der Waals surface area contributed by atoms with Crippen molar-refractivity contribution >= 4 is 55.4 Å². The van der Waals surface area contributed by atoms with E-state index in [1.807, 2.05) is 26.0 Å². The second kappa shape index (κ2) is 6.88. The van der Waals surface area contributed by atoms with Gasteiger partial charge in [-0.05, 0) is 49.4 Å². The van der Waals surface area contributed by atoms with E-state index in [0.29, 0.717) is 5.69 Å². The summed E-state index contributed by atoms with van der Waals surface area (Å²) in [4.78, 5) is 36.9. The molecule has 4 rings (SSSR count). The van der Waals surface area contributed by atoms with Crippen LogP contribution in [0.1, 0.15) is 17.5 Å². The molecule has 0 spiro atoms. The second-order valence-corrected chi connectivity index (χ2v) is 9.44. The zero-order chi connectivity index (χ0) is 19.5. The highest BCUT2D eigenvalue weighted by Gasteiger charge is 2.68. The van der Waals surface area contributed by atoms with Gasteiger partial charge < -0.3 is 14.8 Å². The van der Waals surface area contributed by atoms with Gasteiger partial charge in [0.15, 0.2) is 6.61 Å². The van der Waals surface area contributed by atoms with Gasteiger partial charge in [0.25, 0.3) is 5.91 Å². The number of carbonyl (C=O) groups excluding carboxylic acids is 3. The molecule has 27 heavy (non-hydrogen) atoms. The third kappa shape index (κ3) is 3.10. The normalized spacial score (nSPS) is 33.1. The van der Waals surface area contributed by atoms with Crippen LogP contribution in [-0.4, -0.2) is 35.4 Å². The summed E-state index contributed by atoms with van der Waals surface area (Å²) in [5, 5.41) is 2.77. The number of carbonyl (C=O) groups is 3. The molecule has 6 nitrogen and oxygen atoms in total. The molecular weight excluding hydrogens is 482 g/mol. The molecule has 1 aromatic rings. The fraction of sp³-hybridized carbons (Fsp3) is 0.526. The van der Waals surface area contributed by atoms with Gasteiger partial charge in [-0.25, -0.2) is 0 Å². The monoisotopic (exact) mass is 499 g/mol. The van der Waals surface area contributed by atoms with Crippen LogP contribution >= 0.6 is 31.9 Å². The van der Waals surface area contributed by atoms with Crippen LogP contribution in [0.2, 0.25) is 0 Å². The molecule has 1 heterocycles. The van der Waals surface area contributed by atoms with Crippen LogP contribution in [-0.2, 0) is 23.9 Å².